The molecule has 0 atom stereocenters. The molecule has 0 unspecified atom stereocenters. The van der Waals surface area contributed by atoms with Gasteiger partial charge in [-0.05, 0) is 25.3 Å². The zero-order chi connectivity index (χ0) is 7.23. The van der Waals surface area contributed by atoms with Crippen molar-refractivity contribution in [3.05, 3.63) is 30.6 Å². The van der Waals surface area contributed by atoms with E-state index in [9.17, 15) is 0 Å². The Balaban J connectivity index is 2.59. The van der Waals surface area contributed by atoms with E-state index in [1.807, 2.05) is 31.3 Å². The summed E-state index contributed by atoms with van der Waals surface area (Å²) >= 11 is 0. The van der Waals surface area contributed by atoms with Crippen molar-refractivity contribution in [2.45, 2.75) is 6.92 Å². The first-order valence-corrected chi connectivity index (χ1v) is 3.09. The van der Waals surface area contributed by atoms with E-state index >= 15 is 0 Å². The topological polar surface area (TPSA) is 37.8 Å². The van der Waals surface area contributed by atoms with E-state index in [1.165, 1.54) is 0 Å². The predicted octanol–water partition coefficient (Wildman–Crippen LogP) is 1.42. The van der Waals surface area contributed by atoms with Crippen LogP contribution in [0.5, 0.6) is 0 Å². The molecule has 10 heavy (non-hydrogen) atoms. The van der Waals surface area contributed by atoms with Crippen LogP contribution in [0.15, 0.2) is 30.6 Å². The van der Waals surface area contributed by atoms with Crippen molar-refractivity contribution in [1.29, 1.82) is 0 Å². The lowest BCUT2D eigenvalue weighted by Crippen LogP contribution is -1.90. The highest BCUT2D eigenvalue weighted by Gasteiger charge is 1.83. The molecule has 52 valence electrons. The first-order chi connectivity index (χ1) is 4.93. The van der Waals surface area contributed by atoms with E-state index in [0.29, 0.717) is 0 Å². The Morgan fingerprint density at radius 2 is 2.50 bits per heavy atom. The lowest BCUT2D eigenvalue weighted by molar-refractivity contribution is 1.04. The highest BCUT2D eigenvalue weighted by molar-refractivity contribution is 5.34. The largest absolute Gasteiger partial charge is 0.346 e. The molecule has 1 heterocycles. The van der Waals surface area contributed by atoms with Crippen LogP contribution in [0, 0.1) is 0 Å². The molecule has 0 aliphatic carbocycles. The van der Waals surface area contributed by atoms with Crippen molar-refractivity contribution < 1.29 is 0 Å². The van der Waals surface area contributed by atoms with Crippen LogP contribution in [0.1, 0.15) is 6.92 Å². The number of rotatable bonds is 2. The number of anilines is 1. The van der Waals surface area contributed by atoms with Crippen LogP contribution in [-0.4, -0.2) is 10.2 Å². The predicted molar refractivity (Wildman–Crippen MR) is 40.5 cm³/mol. The second kappa shape index (κ2) is 3.61. The van der Waals surface area contributed by atoms with Gasteiger partial charge in [0.2, 0.25) is 0 Å². The summed E-state index contributed by atoms with van der Waals surface area (Å²) in [6.07, 6.45) is 5.35. The summed E-state index contributed by atoms with van der Waals surface area (Å²) in [5.41, 5.74) is 0. The highest BCUT2D eigenvalue weighted by Crippen LogP contribution is 1.96. The van der Waals surface area contributed by atoms with Gasteiger partial charge in [-0.1, -0.05) is 6.08 Å². The number of hydrogen-bond acceptors (Lipinski definition) is 3. The van der Waals surface area contributed by atoms with Crippen LogP contribution < -0.4 is 5.32 Å². The molecule has 1 aromatic heterocycles. The minimum absolute atomic E-state index is 0.764. The smallest absolute Gasteiger partial charge is 0.152 e. The third kappa shape index (κ3) is 1.85. The Labute approximate surface area is 59.8 Å². The molecule has 1 aromatic rings. The van der Waals surface area contributed by atoms with Crippen LogP contribution in [0.25, 0.3) is 0 Å². The molecule has 0 bridgehead atoms. The summed E-state index contributed by atoms with van der Waals surface area (Å²) in [6.45, 7) is 1.93. The molecule has 0 fully saturated rings. The van der Waals surface area contributed by atoms with Gasteiger partial charge in [0.1, 0.15) is 0 Å². The van der Waals surface area contributed by atoms with Crippen LogP contribution >= 0.6 is 0 Å². The third-order valence-corrected chi connectivity index (χ3v) is 0.970. The van der Waals surface area contributed by atoms with Gasteiger partial charge in [0.25, 0.3) is 0 Å². The molecule has 0 aliphatic heterocycles. The van der Waals surface area contributed by atoms with Crippen LogP contribution in [0.4, 0.5) is 5.82 Å². The summed E-state index contributed by atoms with van der Waals surface area (Å²) < 4.78 is 0. The number of hydrogen-bond donors (Lipinski definition) is 1. The maximum atomic E-state index is 3.80. The van der Waals surface area contributed by atoms with Gasteiger partial charge in [0, 0.05) is 6.20 Å². The fraction of sp³-hybridized carbons (Fsp3) is 0.143. The first kappa shape index (κ1) is 6.74. The molecule has 1 N–H and O–H groups in total. The van der Waals surface area contributed by atoms with Crippen LogP contribution in [-0.2, 0) is 0 Å². The molecule has 3 heteroatoms. The molecule has 0 spiro atoms. The summed E-state index contributed by atoms with van der Waals surface area (Å²) in [7, 11) is 0. The monoisotopic (exact) mass is 135 g/mol. The average Bonchev–Trinajstić information content (AvgIpc) is 2.03. The molecule has 0 amide bonds. The van der Waals surface area contributed by atoms with Crippen molar-refractivity contribution in [2.75, 3.05) is 5.32 Å². The summed E-state index contributed by atoms with van der Waals surface area (Å²) in [5, 5.41) is 10.4. The Morgan fingerprint density at radius 3 is 3.10 bits per heavy atom. The Hall–Kier alpha value is -1.38. The summed E-state index contributed by atoms with van der Waals surface area (Å²) in [6, 6.07) is 3.69. The van der Waals surface area contributed by atoms with Crippen LogP contribution in [0.3, 0.4) is 0 Å². The van der Waals surface area contributed by atoms with E-state index in [2.05, 4.69) is 15.5 Å². The van der Waals surface area contributed by atoms with Crippen molar-refractivity contribution >= 4 is 5.82 Å². The van der Waals surface area contributed by atoms with Crippen molar-refractivity contribution in [1.82, 2.24) is 10.2 Å². The molecule has 0 radical (unpaired) electrons. The van der Waals surface area contributed by atoms with E-state index in [0.717, 1.165) is 5.82 Å². The van der Waals surface area contributed by atoms with Gasteiger partial charge < -0.3 is 5.32 Å². The number of allylic oxidation sites excluding steroid dienone is 1. The standard InChI is InChI=1S/C7H9N3/c1-2-5-8-7-4-3-6-9-10-7/h2-6H,1H3,(H,8,10)/b5-2+. The molecular formula is C7H9N3. The lowest BCUT2D eigenvalue weighted by atomic mass is 10.5. The summed E-state index contributed by atoms with van der Waals surface area (Å²) in [5.74, 6) is 0.764. The quantitative estimate of drug-likeness (QED) is 0.666. The fourth-order valence-corrected chi connectivity index (χ4v) is 0.547. The minimum atomic E-state index is 0.764. The maximum Gasteiger partial charge on any atom is 0.152 e. The molecule has 3 nitrogen and oxygen atoms in total. The zero-order valence-electron chi connectivity index (χ0n) is 5.78. The normalized spacial score (nSPS) is 10.1. The Bertz CT molecular complexity index is 205. The number of nitrogens with zero attached hydrogens (tertiary/aromatic N) is 2. The van der Waals surface area contributed by atoms with Gasteiger partial charge in [0.15, 0.2) is 5.82 Å². The van der Waals surface area contributed by atoms with E-state index in [-0.39, 0.29) is 0 Å². The van der Waals surface area contributed by atoms with Gasteiger partial charge in [0.05, 0.1) is 0 Å². The van der Waals surface area contributed by atoms with Crippen molar-refractivity contribution in [3.63, 3.8) is 0 Å². The van der Waals surface area contributed by atoms with Gasteiger partial charge >= 0.3 is 0 Å². The van der Waals surface area contributed by atoms with E-state index in [1.54, 1.807) is 6.20 Å². The van der Waals surface area contributed by atoms with E-state index < -0.39 is 0 Å². The first-order valence-electron chi connectivity index (χ1n) is 3.09. The number of aromatic nitrogens is 2. The average molecular weight is 135 g/mol. The highest BCUT2D eigenvalue weighted by atomic mass is 15.2. The minimum Gasteiger partial charge on any atom is -0.346 e. The Kier molecular flexibility index (Phi) is 2.43. The molecule has 1 rings (SSSR count). The molecular weight excluding hydrogens is 126 g/mol. The number of nitrogens with one attached hydrogen (secondary N) is 1. The third-order valence-electron chi connectivity index (χ3n) is 0.970. The van der Waals surface area contributed by atoms with Crippen molar-refractivity contribution in [3.8, 4) is 0 Å². The van der Waals surface area contributed by atoms with Gasteiger partial charge in [-0.2, -0.15) is 5.10 Å². The summed E-state index contributed by atoms with van der Waals surface area (Å²) in [4.78, 5) is 0. The second-order valence-corrected chi connectivity index (χ2v) is 1.75. The second-order valence-electron chi connectivity index (χ2n) is 1.75. The van der Waals surface area contributed by atoms with Gasteiger partial charge in [-0.3, -0.25) is 0 Å². The van der Waals surface area contributed by atoms with E-state index in [4.69, 9.17) is 0 Å². The van der Waals surface area contributed by atoms with Gasteiger partial charge in [-0.15, -0.1) is 5.10 Å². The molecule has 0 saturated carbocycles. The zero-order valence-corrected chi connectivity index (χ0v) is 5.78. The van der Waals surface area contributed by atoms with Gasteiger partial charge in [-0.25, -0.2) is 0 Å². The maximum absolute atomic E-state index is 3.80. The lowest BCUT2D eigenvalue weighted by Gasteiger charge is -1.94. The van der Waals surface area contributed by atoms with Crippen LogP contribution in [0.2, 0.25) is 0 Å². The molecule has 0 saturated heterocycles. The molecule has 0 aromatic carbocycles. The molecule has 0 aliphatic rings. The fourth-order valence-electron chi connectivity index (χ4n) is 0.547. The van der Waals surface area contributed by atoms with Crippen molar-refractivity contribution in [2.24, 2.45) is 0 Å². The Morgan fingerprint density at radius 1 is 1.60 bits per heavy atom. The SMILES string of the molecule is C/C=C/Nc1cccnn1.